The summed E-state index contributed by atoms with van der Waals surface area (Å²) in [6.45, 7) is 1.90. The highest BCUT2D eigenvalue weighted by Crippen LogP contribution is 2.20. The van der Waals surface area contributed by atoms with Crippen molar-refractivity contribution in [2.45, 2.75) is 38.6 Å². The highest BCUT2D eigenvalue weighted by atomic mass is 16.2. The lowest BCUT2D eigenvalue weighted by Crippen LogP contribution is -2.32. The van der Waals surface area contributed by atoms with Gasteiger partial charge >= 0.3 is 0 Å². The van der Waals surface area contributed by atoms with Crippen molar-refractivity contribution < 1.29 is 4.79 Å². The summed E-state index contributed by atoms with van der Waals surface area (Å²) in [5.41, 5.74) is 1.88. The fourth-order valence-electron chi connectivity index (χ4n) is 2.80. The number of aromatic amines is 2. The van der Waals surface area contributed by atoms with Gasteiger partial charge in [0, 0.05) is 18.4 Å². The van der Waals surface area contributed by atoms with E-state index in [1.807, 2.05) is 6.92 Å². The van der Waals surface area contributed by atoms with E-state index in [0.29, 0.717) is 10.9 Å². The summed E-state index contributed by atoms with van der Waals surface area (Å²) < 4.78 is 0. The number of carbonyl (C=O) groups is 1. The quantitative estimate of drug-likeness (QED) is 0.769. The van der Waals surface area contributed by atoms with Crippen molar-refractivity contribution in [3.8, 4) is 0 Å². The fourth-order valence-corrected chi connectivity index (χ4v) is 2.80. The van der Waals surface area contributed by atoms with Crippen molar-refractivity contribution in [1.82, 2.24) is 15.3 Å². The number of nitrogens with one attached hydrogen (secondary N) is 3. The summed E-state index contributed by atoms with van der Waals surface area (Å²) in [6.07, 6.45) is 7.67. The first-order valence-electron chi connectivity index (χ1n) is 6.67. The van der Waals surface area contributed by atoms with Gasteiger partial charge in [0.15, 0.2) is 0 Å². The molecule has 1 saturated carbocycles. The van der Waals surface area contributed by atoms with Gasteiger partial charge in [0.1, 0.15) is 0 Å². The van der Waals surface area contributed by atoms with E-state index in [4.69, 9.17) is 0 Å². The molecule has 2 aromatic rings. The van der Waals surface area contributed by atoms with Crippen molar-refractivity contribution >= 4 is 16.8 Å². The lowest BCUT2D eigenvalue weighted by molar-refractivity contribution is 0.0939. The standard InChI is InChI=1S/C14H17N3O2/c1-8-6-16-14(19)11-10(7-15-12(8)11)13(18)17-9-4-2-3-5-9/h6-7,9,15H,2-5H2,1H3,(H,16,19)(H,17,18). The van der Waals surface area contributed by atoms with E-state index in [1.165, 1.54) is 12.8 Å². The topological polar surface area (TPSA) is 77.8 Å². The minimum absolute atomic E-state index is 0.158. The highest BCUT2D eigenvalue weighted by Gasteiger charge is 2.21. The van der Waals surface area contributed by atoms with Gasteiger partial charge in [-0.15, -0.1) is 0 Å². The van der Waals surface area contributed by atoms with Crippen LogP contribution in [0.25, 0.3) is 10.9 Å². The Bertz CT molecular complexity index is 678. The molecule has 2 aromatic heterocycles. The van der Waals surface area contributed by atoms with Gasteiger partial charge in [-0.1, -0.05) is 12.8 Å². The summed E-state index contributed by atoms with van der Waals surface area (Å²) >= 11 is 0. The summed E-state index contributed by atoms with van der Waals surface area (Å²) in [5.74, 6) is -0.158. The largest absolute Gasteiger partial charge is 0.360 e. The van der Waals surface area contributed by atoms with Gasteiger partial charge in [-0.2, -0.15) is 0 Å². The Balaban J connectivity index is 1.98. The van der Waals surface area contributed by atoms with Crippen LogP contribution in [0.1, 0.15) is 41.6 Å². The zero-order chi connectivity index (χ0) is 13.4. The predicted molar refractivity (Wildman–Crippen MR) is 73.4 cm³/mol. The molecule has 1 amide bonds. The Hall–Kier alpha value is -2.04. The number of pyridine rings is 1. The molecule has 5 heteroatoms. The van der Waals surface area contributed by atoms with Crippen LogP contribution < -0.4 is 10.9 Å². The molecule has 0 spiro atoms. The zero-order valence-corrected chi connectivity index (χ0v) is 10.9. The minimum Gasteiger partial charge on any atom is -0.360 e. The molecule has 19 heavy (non-hydrogen) atoms. The summed E-state index contributed by atoms with van der Waals surface area (Å²) in [5, 5.41) is 3.46. The van der Waals surface area contributed by atoms with E-state index < -0.39 is 0 Å². The molecule has 100 valence electrons. The van der Waals surface area contributed by atoms with Crippen molar-refractivity contribution in [2.75, 3.05) is 0 Å². The Kier molecular flexibility index (Phi) is 2.89. The number of hydrogen-bond donors (Lipinski definition) is 3. The number of H-pyrrole nitrogens is 2. The molecule has 2 heterocycles. The number of fused-ring (bicyclic) bond motifs is 1. The monoisotopic (exact) mass is 259 g/mol. The van der Waals surface area contributed by atoms with Crippen LogP contribution >= 0.6 is 0 Å². The molecule has 0 saturated heterocycles. The Morgan fingerprint density at radius 3 is 2.74 bits per heavy atom. The van der Waals surface area contributed by atoms with Crippen LogP contribution in [-0.2, 0) is 0 Å². The predicted octanol–water partition coefficient (Wildman–Crippen LogP) is 1.84. The molecule has 1 aliphatic carbocycles. The minimum atomic E-state index is -0.224. The third kappa shape index (κ3) is 2.05. The first kappa shape index (κ1) is 12.0. The lowest BCUT2D eigenvalue weighted by Gasteiger charge is -2.10. The van der Waals surface area contributed by atoms with Crippen molar-refractivity contribution in [2.24, 2.45) is 0 Å². The first-order valence-corrected chi connectivity index (χ1v) is 6.67. The molecule has 3 N–H and O–H groups in total. The smallest absolute Gasteiger partial charge is 0.258 e. The van der Waals surface area contributed by atoms with Gasteiger partial charge in [-0.25, -0.2) is 0 Å². The average molecular weight is 259 g/mol. The molecule has 0 atom stereocenters. The highest BCUT2D eigenvalue weighted by molar-refractivity contribution is 6.07. The van der Waals surface area contributed by atoms with E-state index in [9.17, 15) is 9.59 Å². The lowest BCUT2D eigenvalue weighted by atomic mass is 10.1. The maximum atomic E-state index is 12.3. The molecule has 1 aliphatic rings. The van der Waals surface area contributed by atoms with E-state index in [2.05, 4.69) is 15.3 Å². The molecule has 0 aromatic carbocycles. The van der Waals surface area contributed by atoms with Gasteiger partial charge in [0.2, 0.25) is 0 Å². The van der Waals surface area contributed by atoms with Crippen LogP contribution in [0.3, 0.4) is 0 Å². The van der Waals surface area contributed by atoms with Crippen LogP contribution in [0.15, 0.2) is 17.2 Å². The van der Waals surface area contributed by atoms with E-state index >= 15 is 0 Å². The van der Waals surface area contributed by atoms with Crippen molar-refractivity contribution in [3.05, 3.63) is 33.9 Å². The summed E-state index contributed by atoms with van der Waals surface area (Å²) in [7, 11) is 0. The molecule has 1 fully saturated rings. The van der Waals surface area contributed by atoms with E-state index in [1.54, 1.807) is 12.4 Å². The second kappa shape index (κ2) is 4.57. The van der Waals surface area contributed by atoms with Crippen molar-refractivity contribution in [3.63, 3.8) is 0 Å². The molecule has 0 radical (unpaired) electrons. The van der Waals surface area contributed by atoms with E-state index in [-0.39, 0.29) is 17.5 Å². The van der Waals surface area contributed by atoms with Crippen LogP contribution in [0, 0.1) is 6.92 Å². The third-order valence-corrected chi connectivity index (χ3v) is 3.86. The maximum absolute atomic E-state index is 12.3. The average Bonchev–Trinajstić information content (AvgIpc) is 3.02. The SMILES string of the molecule is Cc1c[nH]c(=O)c2c(C(=O)NC3CCCC3)c[nH]c12. The zero-order valence-electron chi connectivity index (χ0n) is 10.9. The number of aromatic nitrogens is 2. The summed E-state index contributed by atoms with van der Waals surface area (Å²) in [4.78, 5) is 29.8. The van der Waals surface area contributed by atoms with Gasteiger partial charge < -0.3 is 15.3 Å². The van der Waals surface area contributed by atoms with Crippen LogP contribution in [0.4, 0.5) is 0 Å². The van der Waals surface area contributed by atoms with E-state index in [0.717, 1.165) is 23.9 Å². The van der Waals surface area contributed by atoms with Gasteiger partial charge in [-0.3, -0.25) is 9.59 Å². The number of hydrogen-bond acceptors (Lipinski definition) is 2. The van der Waals surface area contributed by atoms with Gasteiger partial charge in [0.25, 0.3) is 11.5 Å². The molecular formula is C14H17N3O2. The normalized spacial score (nSPS) is 16.1. The number of aryl methyl sites for hydroxylation is 1. The second-order valence-corrected chi connectivity index (χ2v) is 5.21. The van der Waals surface area contributed by atoms with Crippen LogP contribution in [0.2, 0.25) is 0 Å². The Labute approximate surface area is 110 Å². The molecule has 5 nitrogen and oxygen atoms in total. The van der Waals surface area contributed by atoms with Crippen molar-refractivity contribution in [1.29, 1.82) is 0 Å². The number of amides is 1. The molecule has 0 bridgehead atoms. The Morgan fingerprint density at radius 1 is 1.26 bits per heavy atom. The summed E-state index contributed by atoms with van der Waals surface area (Å²) in [6, 6.07) is 0.251. The van der Waals surface area contributed by atoms with Gasteiger partial charge in [-0.05, 0) is 25.3 Å². The second-order valence-electron chi connectivity index (χ2n) is 5.21. The number of carbonyl (C=O) groups excluding carboxylic acids is 1. The molecular weight excluding hydrogens is 242 g/mol. The number of rotatable bonds is 2. The fraction of sp³-hybridized carbons (Fsp3) is 0.429. The first-order chi connectivity index (χ1) is 9.16. The van der Waals surface area contributed by atoms with Crippen LogP contribution in [-0.4, -0.2) is 21.9 Å². The molecule has 3 rings (SSSR count). The maximum Gasteiger partial charge on any atom is 0.258 e. The Morgan fingerprint density at radius 2 is 2.00 bits per heavy atom. The molecule has 0 aliphatic heterocycles. The molecule has 0 unspecified atom stereocenters. The third-order valence-electron chi connectivity index (χ3n) is 3.86. The van der Waals surface area contributed by atoms with Gasteiger partial charge in [0.05, 0.1) is 16.5 Å². The van der Waals surface area contributed by atoms with Crippen LogP contribution in [0.5, 0.6) is 0 Å².